The molecule has 0 aromatic carbocycles. The number of aromatic nitrogens is 1. The second kappa shape index (κ2) is 5.29. The van der Waals surface area contributed by atoms with Gasteiger partial charge in [0.1, 0.15) is 0 Å². The van der Waals surface area contributed by atoms with Crippen molar-refractivity contribution in [2.75, 3.05) is 17.7 Å². The van der Waals surface area contributed by atoms with E-state index in [1.165, 1.54) is 6.42 Å². The summed E-state index contributed by atoms with van der Waals surface area (Å²) < 4.78 is 26.7. The summed E-state index contributed by atoms with van der Waals surface area (Å²) in [6, 6.07) is 1.12. The molecule has 0 bridgehead atoms. The second-order valence-electron chi connectivity index (χ2n) is 4.38. The zero-order chi connectivity index (χ0) is 12.3. The topological polar surface area (TPSA) is 37.0 Å². The average molecular weight is 241 g/mol. The second-order valence-corrected chi connectivity index (χ2v) is 4.38. The van der Waals surface area contributed by atoms with Crippen molar-refractivity contribution < 1.29 is 8.78 Å². The maximum atomic E-state index is 13.5. The molecule has 0 unspecified atom stereocenters. The van der Waals surface area contributed by atoms with Crippen molar-refractivity contribution in [1.82, 2.24) is 4.98 Å². The van der Waals surface area contributed by atoms with E-state index in [1.54, 1.807) is 7.05 Å². The van der Waals surface area contributed by atoms with E-state index in [0.29, 0.717) is 0 Å². The molecule has 0 atom stereocenters. The van der Waals surface area contributed by atoms with Gasteiger partial charge in [-0.05, 0) is 12.8 Å². The molecular formula is C12H17F2N3. The monoisotopic (exact) mass is 241 g/mol. The fourth-order valence-corrected chi connectivity index (χ4v) is 2.18. The molecule has 0 radical (unpaired) electrons. The van der Waals surface area contributed by atoms with E-state index < -0.39 is 11.6 Å². The van der Waals surface area contributed by atoms with E-state index in [0.717, 1.165) is 31.7 Å². The van der Waals surface area contributed by atoms with E-state index in [-0.39, 0.29) is 17.7 Å². The maximum Gasteiger partial charge on any atom is 0.168 e. The minimum Gasteiger partial charge on any atom is -0.371 e. The van der Waals surface area contributed by atoms with Crippen molar-refractivity contribution in [3.05, 3.63) is 17.7 Å². The Morgan fingerprint density at radius 2 is 1.76 bits per heavy atom. The quantitative estimate of drug-likeness (QED) is 0.853. The number of nitrogens with zero attached hydrogens (tertiary/aromatic N) is 1. The van der Waals surface area contributed by atoms with Crippen LogP contribution in [0.2, 0.25) is 0 Å². The van der Waals surface area contributed by atoms with Crippen LogP contribution in [0.25, 0.3) is 0 Å². The Balaban J connectivity index is 2.13. The summed E-state index contributed by atoms with van der Waals surface area (Å²) in [4.78, 5) is 3.91. The van der Waals surface area contributed by atoms with Gasteiger partial charge in [-0.25, -0.2) is 13.8 Å². The molecule has 1 aromatic rings. The van der Waals surface area contributed by atoms with Crippen molar-refractivity contribution in [2.24, 2.45) is 0 Å². The lowest BCUT2D eigenvalue weighted by Crippen LogP contribution is -2.23. The highest BCUT2D eigenvalue weighted by molar-refractivity contribution is 5.47. The fourth-order valence-electron chi connectivity index (χ4n) is 2.18. The Morgan fingerprint density at radius 3 is 2.41 bits per heavy atom. The first-order chi connectivity index (χ1) is 8.20. The van der Waals surface area contributed by atoms with Crippen molar-refractivity contribution in [3.8, 4) is 0 Å². The third-order valence-electron chi connectivity index (χ3n) is 3.11. The van der Waals surface area contributed by atoms with Gasteiger partial charge in [-0.3, -0.25) is 0 Å². The normalized spacial score (nSPS) is 16.9. The van der Waals surface area contributed by atoms with Crippen molar-refractivity contribution in [3.63, 3.8) is 0 Å². The Kier molecular flexibility index (Phi) is 3.76. The summed E-state index contributed by atoms with van der Waals surface area (Å²) in [6.07, 6.45) is 5.58. The van der Waals surface area contributed by atoms with Gasteiger partial charge < -0.3 is 10.6 Å². The molecule has 1 aromatic heterocycles. The molecule has 5 heteroatoms. The number of hydrogen-bond acceptors (Lipinski definition) is 3. The van der Waals surface area contributed by atoms with Crippen LogP contribution in [0.5, 0.6) is 0 Å². The van der Waals surface area contributed by atoms with Crippen LogP contribution in [-0.4, -0.2) is 18.1 Å². The lowest BCUT2D eigenvalue weighted by molar-refractivity contribution is 0.459. The lowest BCUT2D eigenvalue weighted by Gasteiger charge is -2.23. The number of halogens is 2. The fraction of sp³-hybridized carbons (Fsp3) is 0.583. The number of anilines is 2. The molecule has 0 amide bonds. The van der Waals surface area contributed by atoms with Crippen LogP contribution in [0.1, 0.15) is 32.1 Å². The first-order valence-corrected chi connectivity index (χ1v) is 6.01. The highest BCUT2D eigenvalue weighted by Gasteiger charge is 2.17. The van der Waals surface area contributed by atoms with Crippen LogP contribution in [0.4, 0.5) is 20.4 Å². The highest BCUT2D eigenvalue weighted by atomic mass is 19.1. The van der Waals surface area contributed by atoms with Gasteiger partial charge in [0, 0.05) is 19.2 Å². The highest BCUT2D eigenvalue weighted by Crippen LogP contribution is 2.24. The summed E-state index contributed by atoms with van der Waals surface area (Å²) >= 11 is 0. The average Bonchev–Trinajstić information content (AvgIpc) is 2.34. The third kappa shape index (κ3) is 2.84. The molecule has 0 spiro atoms. The van der Waals surface area contributed by atoms with E-state index in [9.17, 15) is 8.78 Å². The zero-order valence-corrected chi connectivity index (χ0v) is 9.89. The summed E-state index contributed by atoms with van der Waals surface area (Å²) in [5.74, 6) is -1.08. The SMILES string of the molecule is CNc1nc(NC2CCCCC2)c(F)cc1F. The van der Waals surface area contributed by atoms with Crippen molar-refractivity contribution in [2.45, 2.75) is 38.1 Å². The summed E-state index contributed by atoms with van der Waals surface area (Å²) in [6.45, 7) is 0. The predicted molar refractivity (Wildman–Crippen MR) is 64.2 cm³/mol. The Hall–Kier alpha value is -1.39. The summed E-state index contributed by atoms with van der Waals surface area (Å²) in [7, 11) is 1.56. The predicted octanol–water partition coefficient (Wildman–Crippen LogP) is 3.15. The number of pyridine rings is 1. The van der Waals surface area contributed by atoms with Gasteiger partial charge in [0.25, 0.3) is 0 Å². The zero-order valence-electron chi connectivity index (χ0n) is 9.89. The van der Waals surface area contributed by atoms with E-state index in [2.05, 4.69) is 15.6 Å². The van der Waals surface area contributed by atoms with E-state index >= 15 is 0 Å². The van der Waals surface area contributed by atoms with Gasteiger partial charge >= 0.3 is 0 Å². The minimum atomic E-state index is -0.667. The molecule has 94 valence electrons. The molecule has 1 heterocycles. The van der Waals surface area contributed by atoms with Gasteiger partial charge in [0.05, 0.1) is 0 Å². The van der Waals surface area contributed by atoms with E-state index in [1.807, 2.05) is 0 Å². The first-order valence-electron chi connectivity index (χ1n) is 6.01. The standard InChI is InChI=1S/C12H17F2N3/c1-15-11-9(13)7-10(14)12(17-11)16-8-5-3-2-4-6-8/h7-8H,2-6H2,1H3,(H2,15,16,17). The molecule has 1 aliphatic carbocycles. The van der Waals surface area contributed by atoms with Gasteiger partial charge in [0.15, 0.2) is 23.3 Å². The molecule has 0 aliphatic heterocycles. The van der Waals surface area contributed by atoms with Crippen molar-refractivity contribution >= 4 is 11.6 Å². The number of rotatable bonds is 3. The van der Waals surface area contributed by atoms with Crippen LogP contribution >= 0.6 is 0 Å². The van der Waals surface area contributed by atoms with Gasteiger partial charge in [-0.2, -0.15) is 0 Å². The van der Waals surface area contributed by atoms with Gasteiger partial charge in [-0.15, -0.1) is 0 Å². The molecular weight excluding hydrogens is 224 g/mol. The van der Waals surface area contributed by atoms with Crippen LogP contribution < -0.4 is 10.6 Å². The molecule has 2 N–H and O–H groups in total. The van der Waals surface area contributed by atoms with E-state index in [4.69, 9.17) is 0 Å². The molecule has 2 rings (SSSR count). The number of nitrogens with one attached hydrogen (secondary N) is 2. The smallest absolute Gasteiger partial charge is 0.168 e. The largest absolute Gasteiger partial charge is 0.371 e. The molecule has 3 nitrogen and oxygen atoms in total. The van der Waals surface area contributed by atoms with Gasteiger partial charge in [-0.1, -0.05) is 19.3 Å². The first kappa shape index (κ1) is 12.1. The number of hydrogen-bond donors (Lipinski definition) is 2. The minimum absolute atomic E-state index is 0.0738. The molecule has 17 heavy (non-hydrogen) atoms. The van der Waals surface area contributed by atoms with Crippen molar-refractivity contribution in [1.29, 1.82) is 0 Å². The van der Waals surface area contributed by atoms with Crippen LogP contribution in [0, 0.1) is 11.6 Å². The van der Waals surface area contributed by atoms with Crippen LogP contribution in [-0.2, 0) is 0 Å². The molecule has 0 saturated heterocycles. The van der Waals surface area contributed by atoms with Crippen LogP contribution in [0.3, 0.4) is 0 Å². The Bertz CT molecular complexity index is 390. The molecule has 1 saturated carbocycles. The Morgan fingerprint density at radius 1 is 1.12 bits per heavy atom. The maximum absolute atomic E-state index is 13.5. The Labute approximate surface area is 99.6 Å². The molecule has 1 aliphatic rings. The summed E-state index contributed by atoms with van der Waals surface area (Å²) in [5.41, 5.74) is 0. The third-order valence-corrected chi connectivity index (χ3v) is 3.11. The van der Waals surface area contributed by atoms with Gasteiger partial charge in [0.2, 0.25) is 0 Å². The lowest BCUT2D eigenvalue weighted by atomic mass is 9.95. The summed E-state index contributed by atoms with van der Waals surface area (Å²) in [5, 5.41) is 5.67. The van der Waals surface area contributed by atoms with Crippen LogP contribution in [0.15, 0.2) is 6.07 Å². The molecule has 1 fully saturated rings.